The third kappa shape index (κ3) is 2.50. The molecule has 2 rings (SSSR count). The second kappa shape index (κ2) is 4.35. The zero-order chi connectivity index (χ0) is 10.7. The molecule has 1 heterocycles. The van der Waals surface area contributed by atoms with E-state index in [4.69, 9.17) is 0 Å². The summed E-state index contributed by atoms with van der Waals surface area (Å²) in [5.74, 6) is -0.169. The van der Waals surface area contributed by atoms with Crippen LogP contribution in [0.5, 0.6) is 0 Å². The predicted molar refractivity (Wildman–Crippen MR) is 61.6 cm³/mol. The molecule has 0 aromatic heterocycles. The van der Waals surface area contributed by atoms with Crippen molar-refractivity contribution < 1.29 is 4.79 Å². The number of benzene rings is 1. The van der Waals surface area contributed by atoms with Crippen LogP contribution in [0.2, 0.25) is 0 Å². The molecule has 1 aliphatic rings. The van der Waals surface area contributed by atoms with Crippen LogP contribution < -0.4 is 10.7 Å². The molecule has 0 radical (unpaired) electrons. The summed E-state index contributed by atoms with van der Waals surface area (Å²) in [4.78, 5) is 11.5. The van der Waals surface area contributed by atoms with Crippen molar-refractivity contribution in [3.8, 4) is 0 Å². The smallest absolute Gasteiger partial charge is 0.270 e. The first kappa shape index (κ1) is 10.0. The van der Waals surface area contributed by atoms with Crippen molar-refractivity contribution in [3.05, 3.63) is 35.9 Å². The first-order valence-electron chi connectivity index (χ1n) is 4.60. The lowest BCUT2D eigenvalue weighted by atomic mass is 10.1. The SMILES string of the molecule is O=C1NC(S)NN=C1Cc1ccccc1. The number of hydrogen-bond acceptors (Lipinski definition) is 4. The fourth-order valence-corrected chi connectivity index (χ4v) is 1.51. The van der Waals surface area contributed by atoms with Crippen LogP contribution >= 0.6 is 12.6 Å². The molecule has 1 atom stereocenters. The molecular weight excluding hydrogens is 210 g/mol. The van der Waals surface area contributed by atoms with Crippen molar-refractivity contribution in [3.63, 3.8) is 0 Å². The van der Waals surface area contributed by atoms with Gasteiger partial charge in [-0.05, 0) is 5.56 Å². The monoisotopic (exact) mass is 221 g/mol. The van der Waals surface area contributed by atoms with Gasteiger partial charge < -0.3 is 5.32 Å². The van der Waals surface area contributed by atoms with Crippen LogP contribution in [-0.4, -0.2) is 17.1 Å². The fraction of sp³-hybridized carbons (Fsp3) is 0.200. The normalized spacial score (nSPS) is 20.2. The number of thiol groups is 1. The van der Waals surface area contributed by atoms with Crippen molar-refractivity contribution in [1.82, 2.24) is 10.7 Å². The molecule has 4 nitrogen and oxygen atoms in total. The molecule has 1 aliphatic heterocycles. The zero-order valence-corrected chi connectivity index (χ0v) is 8.87. The quantitative estimate of drug-likeness (QED) is 0.638. The van der Waals surface area contributed by atoms with Crippen LogP contribution in [-0.2, 0) is 11.2 Å². The minimum Gasteiger partial charge on any atom is -0.321 e. The molecule has 15 heavy (non-hydrogen) atoms. The van der Waals surface area contributed by atoms with Gasteiger partial charge in [-0.25, -0.2) is 0 Å². The second-order valence-corrected chi connectivity index (χ2v) is 3.74. The van der Waals surface area contributed by atoms with Crippen LogP contribution in [0.3, 0.4) is 0 Å². The highest BCUT2D eigenvalue weighted by atomic mass is 32.1. The van der Waals surface area contributed by atoms with Crippen molar-refractivity contribution in [2.45, 2.75) is 11.9 Å². The summed E-state index contributed by atoms with van der Waals surface area (Å²) in [6.07, 6.45) is 0.528. The molecule has 5 heteroatoms. The van der Waals surface area contributed by atoms with E-state index in [0.29, 0.717) is 12.1 Å². The molecule has 0 fully saturated rings. The average Bonchev–Trinajstić information content (AvgIpc) is 2.24. The van der Waals surface area contributed by atoms with E-state index in [2.05, 4.69) is 28.5 Å². The Kier molecular flexibility index (Phi) is 2.91. The minimum atomic E-state index is -0.392. The number of nitrogens with zero attached hydrogens (tertiary/aromatic N) is 1. The van der Waals surface area contributed by atoms with Gasteiger partial charge in [0.2, 0.25) is 0 Å². The first-order valence-corrected chi connectivity index (χ1v) is 5.12. The van der Waals surface area contributed by atoms with Gasteiger partial charge in [0.05, 0.1) is 0 Å². The number of hydrogen-bond donors (Lipinski definition) is 3. The Labute approximate surface area is 93.2 Å². The van der Waals surface area contributed by atoms with Gasteiger partial charge in [-0.1, -0.05) is 30.3 Å². The molecule has 2 N–H and O–H groups in total. The number of amides is 1. The lowest BCUT2D eigenvalue weighted by Gasteiger charge is -2.19. The van der Waals surface area contributed by atoms with Crippen molar-refractivity contribution in [1.29, 1.82) is 0 Å². The maximum atomic E-state index is 11.5. The van der Waals surface area contributed by atoms with Crippen LogP contribution in [0.1, 0.15) is 5.56 Å². The van der Waals surface area contributed by atoms with Crippen LogP contribution in [0.4, 0.5) is 0 Å². The molecule has 1 aromatic rings. The zero-order valence-electron chi connectivity index (χ0n) is 7.97. The van der Waals surface area contributed by atoms with Gasteiger partial charge in [0.1, 0.15) is 5.71 Å². The summed E-state index contributed by atoms with van der Waals surface area (Å²) in [5, 5.41) is 6.60. The van der Waals surface area contributed by atoms with E-state index < -0.39 is 5.50 Å². The summed E-state index contributed by atoms with van der Waals surface area (Å²) in [5.41, 5.74) is 3.85. The lowest BCUT2D eigenvalue weighted by molar-refractivity contribution is -0.115. The van der Waals surface area contributed by atoms with E-state index >= 15 is 0 Å². The van der Waals surface area contributed by atoms with E-state index in [1.165, 1.54) is 0 Å². The lowest BCUT2D eigenvalue weighted by Crippen LogP contribution is -2.48. The van der Waals surface area contributed by atoms with Crippen molar-refractivity contribution in [2.24, 2.45) is 5.10 Å². The van der Waals surface area contributed by atoms with Gasteiger partial charge in [0, 0.05) is 6.42 Å². The molecule has 0 spiro atoms. The van der Waals surface area contributed by atoms with E-state index in [1.807, 2.05) is 30.3 Å². The molecule has 0 saturated heterocycles. The van der Waals surface area contributed by atoms with E-state index in [1.54, 1.807) is 0 Å². The largest absolute Gasteiger partial charge is 0.321 e. The Bertz CT molecular complexity index is 391. The van der Waals surface area contributed by atoms with E-state index in [0.717, 1.165) is 5.56 Å². The molecule has 0 saturated carbocycles. The van der Waals surface area contributed by atoms with E-state index in [-0.39, 0.29) is 5.91 Å². The molecule has 1 aromatic carbocycles. The molecule has 0 aliphatic carbocycles. The Morgan fingerprint density at radius 3 is 2.73 bits per heavy atom. The summed E-state index contributed by atoms with van der Waals surface area (Å²) < 4.78 is 0. The first-order chi connectivity index (χ1) is 7.25. The third-order valence-corrected chi connectivity index (χ3v) is 2.31. The molecular formula is C10H11N3OS. The number of nitrogens with one attached hydrogen (secondary N) is 2. The predicted octanol–water partition coefficient (Wildman–Crippen LogP) is 0.518. The van der Waals surface area contributed by atoms with Gasteiger partial charge in [0.15, 0.2) is 5.50 Å². The summed E-state index contributed by atoms with van der Waals surface area (Å²) in [6, 6.07) is 9.73. The third-order valence-electron chi connectivity index (χ3n) is 2.07. The fourth-order valence-electron chi connectivity index (χ4n) is 1.34. The second-order valence-electron chi connectivity index (χ2n) is 3.23. The molecule has 1 unspecified atom stereocenters. The Balaban J connectivity index is 2.10. The Hall–Kier alpha value is -1.49. The highest BCUT2D eigenvalue weighted by Crippen LogP contribution is 2.03. The Morgan fingerprint density at radius 2 is 2.07 bits per heavy atom. The number of carbonyl (C=O) groups excluding carboxylic acids is 1. The topological polar surface area (TPSA) is 53.5 Å². The number of carbonyl (C=O) groups is 1. The van der Waals surface area contributed by atoms with Crippen molar-refractivity contribution in [2.75, 3.05) is 0 Å². The van der Waals surface area contributed by atoms with Crippen LogP contribution in [0, 0.1) is 0 Å². The maximum absolute atomic E-state index is 11.5. The van der Waals surface area contributed by atoms with Gasteiger partial charge in [0.25, 0.3) is 5.91 Å². The van der Waals surface area contributed by atoms with Gasteiger partial charge in [-0.15, -0.1) is 12.6 Å². The van der Waals surface area contributed by atoms with Gasteiger partial charge in [-0.3, -0.25) is 10.2 Å². The summed E-state index contributed by atoms with van der Waals surface area (Å²) in [6.45, 7) is 0. The minimum absolute atomic E-state index is 0.169. The highest BCUT2D eigenvalue weighted by Gasteiger charge is 2.19. The van der Waals surface area contributed by atoms with E-state index in [9.17, 15) is 4.79 Å². The number of hydrazone groups is 1. The number of rotatable bonds is 2. The summed E-state index contributed by atoms with van der Waals surface area (Å²) in [7, 11) is 0. The van der Waals surface area contributed by atoms with Crippen LogP contribution in [0.25, 0.3) is 0 Å². The molecule has 78 valence electrons. The Morgan fingerprint density at radius 1 is 1.33 bits per heavy atom. The van der Waals surface area contributed by atoms with Crippen molar-refractivity contribution >= 4 is 24.2 Å². The molecule has 0 bridgehead atoms. The highest BCUT2D eigenvalue weighted by molar-refractivity contribution is 7.80. The van der Waals surface area contributed by atoms with Gasteiger partial charge >= 0.3 is 0 Å². The summed E-state index contributed by atoms with van der Waals surface area (Å²) >= 11 is 4.04. The standard InChI is InChI=1S/C10H11N3OS/c14-9-8(12-13-10(15)11-9)6-7-4-2-1-3-5-7/h1-5,10,13,15H,6H2,(H,11,14). The van der Waals surface area contributed by atoms with Gasteiger partial charge in [-0.2, -0.15) is 5.10 Å². The maximum Gasteiger partial charge on any atom is 0.270 e. The van der Waals surface area contributed by atoms with Crippen LogP contribution in [0.15, 0.2) is 35.4 Å². The molecule has 1 amide bonds. The average molecular weight is 221 g/mol.